The molecule has 0 aliphatic rings. The number of carbonyl (C=O) groups excluding carboxylic acids is 1. The standard InChI is InChI=1S/C18H22N2O2/c21-14-20-17(11-15-7-3-1-4-8-15)18(22)13-19-12-16-9-5-2-6-10-16/h1-10,14,17-19,22H,11-13H2,(H,20,21)/t17-,18+/m0/s1. The molecule has 2 rings (SSSR count). The molecule has 0 aliphatic carbocycles. The van der Waals surface area contributed by atoms with Crippen molar-refractivity contribution in [3.63, 3.8) is 0 Å². The second-order valence-corrected chi connectivity index (χ2v) is 5.26. The lowest BCUT2D eigenvalue weighted by Crippen LogP contribution is -2.45. The Balaban J connectivity index is 1.83. The molecule has 0 unspecified atom stereocenters. The Morgan fingerprint density at radius 2 is 1.55 bits per heavy atom. The van der Waals surface area contributed by atoms with Crippen molar-refractivity contribution in [1.29, 1.82) is 0 Å². The van der Waals surface area contributed by atoms with Gasteiger partial charge in [0.05, 0.1) is 12.1 Å². The Bertz CT molecular complexity index is 546. The smallest absolute Gasteiger partial charge is 0.207 e. The number of amides is 1. The summed E-state index contributed by atoms with van der Waals surface area (Å²) < 4.78 is 0. The molecule has 2 atom stereocenters. The summed E-state index contributed by atoms with van der Waals surface area (Å²) in [4.78, 5) is 10.8. The van der Waals surface area contributed by atoms with Gasteiger partial charge in [0.15, 0.2) is 0 Å². The summed E-state index contributed by atoms with van der Waals surface area (Å²) in [5, 5.41) is 16.2. The summed E-state index contributed by atoms with van der Waals surface area (Å²) >= 11 is 0. The lowest BCUT2D eigenvalue weighted by atomic mass is 10.0. The molecule has 4 nitrogen and oxygen atoms in total. The van der Waals surface area contributed by atoms with Gasteiger partial charge < -0.3 is 15.7 Å². The maximum absolute atomic E-state index is 10.8. The minimum atomic E-state index is -0.644. The quantitative estimate of drug-likeness (QED) is 0.615. The van der Waals surface area contributed by atoms with Gasteiger partial charge in [0.25, 0.3) is 0 Å². The van der Waals surface area contributed by atoms with Crippen molar-refractivity contribution >= 4 is 6.41 Å². The molecule has 22 heavy (non-hydrogen) atoms. The van der Waals surface area contributed by atoms with Gasteiger partial charge in [-0.1, -0.05) is 60.7 Å². The van der Waals surface area contributed by atoms with Crippen molar-refractivity contribution in [2.75, 3.05) is 6.54 Å². The molecule has 0 saturated carbocycles. The van der Waals surface area contributed by atoms with Crippen molar-refractivity contribution in [3.8, 4) is 0 Å². The van der Waals surface area contributed by atoms with E-state index in [4.69, 9.17) is 0 Å². The molecule has 2 aromatic carbocycles. The molecule has 0 heterocycles. The molecule has 0 aliphatic heterocycles. The fraction of sp³-hybridized carbons (Fsp3) is 0.278. The first-order valence-electron chi connectivity index (χ1n) is 7.46. The predicted molar refractivity (Wildman–Crippen MR) is 87.3 cm³/mol. The summed E-state index contributed by atoms with van der Waals surface area (Å²) in [6, 6.07) is 19.5. The number of aliphatic hydroxyl groups is 1. The monoisotopic (exact) mass is 298 g/mol. The lowest BCUT2D eigenvalue weighted by Gasteiger charge is -2.23. The van der Waals surface area contributed by atoms with E-state index >= 15 is 0 Å². The summed E-state index contributed by atoms with van der Waals surface area (Å²) in [6.07, 6.45) is 0.607. The van der Waals surface area contributed by atoms with Gasteiger partial charge in [0.2, 0.25) is 6.41 Å². The maximum atomic E-state index is 10.8. The van der Waals surface area contributed by atoms with Crippen LogP contribution in [0.1, 0.15) is 11.1 Å². The molecule has 0 bridgehead atoms. The van der Waals surface area contributed by atoms with E-state index in [1.807, 2.05) is 60.7 Å². The Hall–Kier alpha value is -2.17. The van der Waals surface area contributed by atoms with E-state index in [9.17, 15) is 9.90 Å². The molecule has 0 spiro atoms. The molecular formula is C18H22N2O2. The average Bonchev–Trinajstić information content (AvgIpc) is 2.56. The molecular weight excluding hydrogens is 276 g/mol. The van der Waals surface area contributed by atoms with E-state index in [0.29, 0.717) is 25.9 Å². The van der Waals surface area contributed by atoms with Crippen molar-refractivity contribution < 1.29 is 9.90 Å². The van der Waals surface area contributed by atoms with Crippen LogP contribution in [0, 0.1) is 0 Å². The van der Waals surface area contributed by atoms with Gasteiger partial charge in [-0.3, -0.25) is 4.79 Å². The molecule has 4 heteroatoms. The van der Waals surface area contributed by atoms with Crippen molar-refractivity contribution in [2.45, 2.75) is 25.1 Å². The van der Waals surface area contributed by atoms with Gasteiger partial charge in [0.1, 0.15) is 0 Å². The van der Waals surface area contributed by atoms with Crippen LogP contribution in [-0.2, 0) is 17.8 Å². The van der Waals surface area contributed by atoms with E-state index in [2.05, 4.69) is 10.6 Å². The van der Waals surface area contributed by atoms with Crippen LogP contribution < -0.4 is 10.6 Å². The highest BCUT2D eigenvalue weighted by Gasteiger charge is 2.18. The summed E-state index contributed by atoms with van der Waals surface area (Å²) in [5.74, 6) is 0. The Kier molecular flexibility index (Phi) is 6.61. The number of hydrogen-bond acceptors (Lipinski definition) is 3. The Labute approximate surface area is 131 Å². The fourth-order valence-electron chi connectivity index (χ4n) is 2.36. The molecule has 116 valence electrons. The Morgan fingerprint density at radius 1 is 0.955 bits per heavy atom. The van der Waals surface area contributed by atoms with Crippen LogP contribution in [0.2, 0.25) is 0 Å². The zero-order valence-corrected chi connectivity index (χ0v) is 12.5. The minimum absolute atomic E-state index is 0.303. The van der Waals surface area contributed by atoms with Gasteiger partial charge in [-0.25, -0.2) is 0 Å². The Morgan fingerprint density at radius 3 is 2.14 bits per heavy atom. The van der Waals surface area contributed by atoms with E-state index in [0.717, 1.165) is 11.1 Å². The van der Waals surface area contributed by atoms with Crippen LogP contribution in [0.15, 0.2) is 60.7 Å². The average molecular weight is 298 g/mol. The largest absolute Gasteiger partial charge is 0.390 e. The van der Waals surface area contributed by atoms with Crippen LogP contribution >= 0.6 is 0 Å². The molecule has 0 saturated heterocycles. The third kappa shape index (κ3) is 5.31. The minimum Gasteiger partial charge on any atom is -0.390 e. The summed E-state index contributed by atoms with van der Waals surface area (Å²) in [6.45, 7) is 1.12. The summed E-state index contributed by atoms with van der Waals surface area (Å²) in [7, 11) is 0. The second kappa shape index (κ2) is 8.97. The normalized spacial score (nSPS) is 13.3. The van der Waals surface area contributed by atoms with Gasteiger partial charge in [-0.15, -0.1) is 0 Å². The van der Waals surface area contributed by atoms with Crippen LogP contribution in [0.25, 0.3) is 0 Å². The van der Waals surface area contributed by atoms with E-state index < -0.39 is 6.10 Å². The van der Waals surface area contributed by atoms with Gasteiger partial charge >= 0.3 is 0 Å². The van der Waals surface area contributed by atoms with E-state index in [-0.39, 0.29) is 6.04 Å². The third-order valence-electron chi connectivity index (χ3n) is 3.57. The lowest BCUT2D eigenvalue weighted by molar-refractivity contribution is -0.110. The molecule has 0 aromatic heterocycles. The fourth-order valence-corrected chi connectivity index (χ4v) is 2.36. The topological polar surface area (TPSA) is 61.4 Å². The number of carbonyl (C=O) groups is 1. The highest BCUT2D eigenvalue weighted by Crippen LogP contribution is 2.06. The van der Waals surface area contributed by atoms with E-state index in [1.165, 1.54) is 0 Å². The van der Waals surface area contributed by atoms with Crippen molar-refractivity contribution in [1.82, 2.24) is 10.6 Å². The first kappa shape index (κ1) is 16.2. The van der Waals surface area contributed by atoms with Crippen LogP contribution in [0.4, 0.5) is 0 Å². The van der Waals surface area contributed by atoms with E-state index in [1.54, 1.807) is 0 Å². The van der Waals surface area contributed by atoms with Gasteiger partial charge in [-0.2, -0.15) is 0 Å². The zero-order valence-electron chi connectivity index (χ0n) is 12.5. The first-order valence-corrected chi connectivity index (χ1v) is 7.46. The van der Waals surface area contributed by atoms with Crippen LogP contribution in [-0.4, -0.2) is 30.2 Å². The second-order valence-electron chi connectivity index (χ2n) is 5.26. The SMILES string of the molecule is O=CN[C@@H](Cc1ccccc1)[C@H](O)CNCc1ccccc1. The number of aliphatic hydroxyl groups excluding tert-OH is 1. The van der Waals surface area contributed by atoms with Gasteiger partial charge in [0, 0.05) is 13.1 Å². The molecule has 2 aromatic rings. The predicted octanol–water partition coefficient (Wildman–Crippen LogP) is 1.49. The zero-order chi connectivity index (χ0) is 15.6. The summed E-state index contributed by atoms with van der Waals surface area (Å²) in [5.41, 5.74) is 2.25. The number of benzene rings is 2. The molecule has 1 amide bonds. The van der Waals surface area contributed by atoms with Crippen LogP contribution in [0.5, 0.6) is 0 Å². The molecule has 0 fully saturated rings. The number of hydrogen-bond donors (Lipinski definition) is 3. The van der Waals surface area contributed by atoms with Gasteiger partial charge in [-0.05, 0) is 17.5 Å². The van der Waals surface area contributed by atoms with Crippen molar-refractivity contribution in [3.05, 3.63) is 71.8 Å². The van der Waals surface area contributed by atoms with Crippen molar-refractivity contribution in [2.24, 2.45) is 0 Å². The molecule has 3 N–H and O–H groups in total. The third-order valence-corrected chi connectivity index (χ3v) is 3.57. The highest BCUT2D eigenvalue weighted by atomic mass is 16.3. The highest BCUT2D eigenvalue weighted by molar-refractivity contribution is 5.47. The molecule has 0 radical (unpaired) electrons. The number of rotatable bonds is 9. The maximum Gasteiger partial charge on any atom is 0.207 e. The number of nitrogens with one attached hydrogen (secondary N) is 2. The first-order chi connectivity index (χ1) is 10.8. The van der Waals surface area contributed by atoms with Crippen LogP contribution in [0.3, 0.4) is 0 Å².